The van der Waals surface area contributed by atoms with Gasteiger partial charge < -0.3 is 10.5 Å². The van der Waals surface area contributed by atoms with Crippen LogP contribution in [-0.4, -0.2) is 38.3 Å². The second-order valence-electron chi connectivity index (χ2n) is 4.05. The fourth-order valence-corrected chi connectivity index (χ4v) is 2.39. The largest absolute Gasteiger partial charge is 0.383 e. The molecule has 0 aliphatic heterocycles. The summed E-state index contributed by atoms with van der Waals surface area (Å²) in [5.74, 6) is 0. The molecule has 102 valence electrons. The number of halogens is 2. The Morgan fingerprint density at radius 3 is 2.72 bits per heavy atom. The van der Waals surface area contributed by atoms with E-state index >= 15 is 0 Å². The first kappa shape index (κ1) is 15.9. The standard InChI is InChI=1S/C13H20BrClN2O/c1-3-17(6-7-18-2)13(9-16)10-4-5-11(14)12(15)8-10/h4-5,8,13H,3,6-7,9,16H2,1-2H3. The molecule has 0 saturated carbocycles. The van der Waals surface area contributed by atoms with Crippen LogP contribution >= 0.6 is 27.5 Å². The Bertz CT molecular complexity index is 376. The lowest BCUT2D eigenvalue weighted by atomic mass is 10.1. The van der Waals surface area contributed by atoms with Crippen LogP contribution in [0, 0.1) is 0 Å². The zero-order valence-electron chi connectivity index (χ0n) is 10.8. The third-order valence-electron chi connectivity index (χ3n) is 2.98. The van der Waals surface area contributed by atoms with Crippen molar-refractivity contribution in [1.29, 1.82) is 0 Å². The van der Waals surface area contributed by atoms with E-state index < -0.39 is 0 Å². The third-order valence-corrected chi connectivity index (χ3v) is 4.21. The monoisotopic (exact) mass is 334 g/mol. The maximum Gasteiger partial charge on any atom is 0.0589 e. The van der Waals surface area contributed by atoms with Gasteiger partial charge >= 0.3 is 0 Å². The number of nitrogens with two attached hydrogens (primary N) is 1. The summed E-state index contributed by atoms with van der Waals surface area (Å²) in [6.45, 7) is 5.18. The molecule has 3 nitrogen and oxygen atoms in total. The summed E-state index contributed by atoms with van der Waals surface area (Å²) in [4.78, 5) is 2.29. The molecule has 0 heterocycles. The fourth-order valence-electron chi connectivity index (χ4n) is 1.96. The van der Waals surface area contributed by atoms with Gasteiger partial charge in [-0.3, -0.25) is 4.90 Å². The minimum absolute atomic E-state index is 0.177. The fraction of sp³-hybridized carbons (Fsp3) is 0.538. The van der Waals surface area contributed by atoms with E-state index in [1.54, 1.807) is 7.11 Å². The lowest BCUT2D eigenvalue weighted by Crippen LogP contribution is -2.36. The normalized spacial score (nSPS) is 13.0. The number of methoxy groups -OCH3 is 1. The van der Waals surface area contributed by atoms with Crippen molar-refractivity contribution in [1.82, 2.24) is 4.90 Å². The molecule has 1 rings (SSSR count). The molecular weight excluding hydrogens is 316 g/mol. The quantitative estimate of drug-likeness (QED) is 0.832. The summed E-state index contributed by atoms with van der Waals surface area (Å²) in [5, 5.41) is 0.716. The van der Waals surface area contributed by atoms with Crippen LogP contribution in [0.25, 0.3) is 0 Å². The zero-order valence-corrected chi connectivity index (χ0v) is 13.2. The van der Waals surface area contributed by atoms with Gasteiger partial charge in [-0.1, -0.05) is 24.6 Å². The smallest absolute Gasteiger partial charge is 0.0589 e. The second-order valence-corrected chi connectivity index (χ2v) is 5.31. The van der Waals surface area contributed by atoms with Crippen LogP contribution in [0.3, 0.4) is 0 Å². The molecule has 1 aromatic carbocycles. The highest BCUT2D eigenvalue weighted by Gasteiger charge is 2.18. The maximum atomic E-state index is 6.14. The number of benzene rings is 1. The Balaban J connectivity index is 2.88. The highest BCUT2D eigenvalue weighted by molar-refractivity contribution is 9.10. The van der Waals surface area contributed by atoms with Gasteiger partial charge in [0.15, 0.2) is 0 Å². The Morgan fingerprint density at radius 1 is 1.50 bits per heavy atom. The van der Waals surface area contributed by atoms with E-state index in [1.165, 1.54) is 0 Å². The van der Waals surface area contributed by atoms with Crippen LogP contribution < -0.4 is 5.73 Å². The van der Waals surface area contributed by atoms with E-state index in [1.807, 2.05) is 12.1 Å². The minimum atomic E-state index is 0.177. The number of ether oxygens (including phenoxy) is 1. The molecular formula is C13H20BrClN2O. The van der Waals surface area contributed by atoms with Crippen molar-refractivity contribution in [2.24, 2.45) is 5.73 Å². The molecule has 0 saturated heterocycles. The van der Waals surface area contributed by atoms with Crippen LogP contribution in [-0.2, 0) is 4.74 Å². The number of likely N-dealkylation sites (N-methyl/N-ethyl adjacent to an activating group) is 1. The van der Waals surface area contributed by atoms with Crippen molar-refractivity contribution in [3.63, 3.8) is 0 Å². The molecule has 1 atom stereocenters. The van der Waals surface area contributed by atoms with Crippen LogP contribution in [0.4, 0.5) is 0 Å². The lowest BCUT2D eigenvalue weighted by molar-refractivity contribution is 0.125. The van der Waals surface area contributed by atoms with Gasteiger partial charge in [-0.25, -0.2) is 0 Å². The first-order chi connectivity index (χ1) is 8.63. The molecule has 2 N–H and O–H groups in total. The van der Waals surface area contributed by atoms with Crippen molar-refractivity contribution < 1.29 is 4.74 Å². The summed E-state index contributed by atoms with van der Waals surface area (Å²) in [5.41, 5.74) is 7.05. The van der Waals surface area contributed by atoms with Crippen molar-refractivity contribution in [2.75, 3.05) is 33.4 Å². The van der Waals surface area contributed by atoms with E-state index in [0.717, 1.165) is 23.1 Å². The Hall–Kier alpha value is -0.130. The van der Waals surface area contributed by atoms with E-state index in [9.17, 15) is 0 Å². The van der Waals surface area contributed by atoms with Crippen LogP contribution in [0.1, 0.15) is 18.5 Å². The Morgan fingerprint density at radius 2 is 2.22 bits per heavy atom. The van der Waals surface area contributed by atoms with E-state index in [0.29, 0.717) is 18.2 Å². The van der Waals surface area contributed by atoms with Gasteiger partial charge in [0.2, 0.25) is 0 Å². The Kier molecular flexibility index (Phi) is 7.19. The topological polar surface area (TPSA) is 38.5 Å². The van der Waals surface area contributed by atoms with Gasteiger partial charge in [-0.05, 0) is 40.2 Å². The molecule has 0 fully saturated rings. The highest BCUT2D eigenvalue weighted by Crippen LogP contribution is 2.28. The first-order valence-electron chi connectivity index (χ1n) is 6.02. The van der Waals surface area contributed by atoms with Crippen LogP contribution in [0.5, 0.6) is 0 Å². The highest BCUT2D eigenvalue weighted by atomic mass is 79.9. The van der Waals surface area contributed by atoms with E-state index in [4.69, 9.17) is 22.1 Å². The average Bonchev–Trinajstić information content (AvgIpc) is 2.38. The lowest BCUT2D eigenvalue weighted by Gasteiger charge is -2.30. The third kappa shape index (κ3) is 4.21. The summed E-state index contributed by atoms with van der Waals surface area (Å²) >= 11 is 9.54. The summed E-state index contributed by atoms with van der Waals surface area (Å²) in [6.07, 6.45) is 0. The predicted octanol–water partition coefficient (Wildman–Crippen LogP) is 3.07. The van der Waals surface area contributed by atoms with Crippen LogP contribution in [0.2, 0.25) is 5.02 Å². The molecule has 0 spiro atoms. The molecule has 0 aromatic heterocycles. The molecule has 1 aromatic rings. The SMILES string of the molecule is CCN(CCOC)C(CN)c1ccc(Br)c(Cl)c1. The van der Waals surface area contributed by atoms with Crippen molar-refractivity contribution in [3.05, 3.63) is 33.3 Å². The second kappa shape index (κ2) is 8.12. The number of rotatable bonds is 7. The van der Waals surface area contributed by atoms with Gasteiger partial charge in [0.25, 0.3) is 0 Å². The van der Waals surface area contributed by atoms with Crippen molar-refractivity contribution in [2.45, 2.75) is 13.0 Å². The predicted molar refractivity (Wildman–Crippen MR) is 80.1 cm³/mol. The zero-order chi connectivity index (χ0) is 13.5. The van der Waals surface area contributed by atoms with E-state index in [2.05, 4.69) is 33.8 Å². The summed E-state index contributed by atoms with van der Waals surface area (Å²) < 4.78 is 6.04. The molecule has 0 aliphatic rings. The minimum Gasteiger partial charge on any atom is -0.383 e. The maximum absolute atomic E-state index is 6.14. The van der Waals surface area contributed by atoms with Gasteiger partial charge in [0, 0.05) is 30.7 Å². The molecule has 18 heavy (non-hydrogen) atoms. The van der Waals surface area contributed by atoms with E-state index in [-0.39, 0.29) is 6.04 Å². The van der Waals surface area contributed by atoms with Crippen molar-refractivity contribution in [3.8, 4) is 0 Å². The summed E-state index contributed by atoms with van der Waals surface area (Å²) in [6, 6.07) is 6.17. The molecule has 0 amide bonds. The molecule has 0 aliphatic carbocycles. The molecule has 0 bridgehead atoms. The van der Waals surface area contributed by atoms with Crippen LogP contribution in [0.15, 0.2) is 22.7 Å². The van der Waals surface area contributed by atoms with Gasteiger partial charge in [0.05, 0.1) is 11.6 Å². The number of hydrogen-bond acceptors (Lipinski definition) is 3. The first-order valence-corrected chi connectivity index (χ1v) is 7.19. The molecule has 1 unspecified atom stereocenters. The van der Waals surface area contributed by atoms with Gasteiger partial charge in [-0.2, -0.15) is 0 Å². The average molecular weight is 336 g/mol. The number of hydrogen-bond donors (Lipinski definition) is 1. The van der Waals surface area contributed by atoms with Crippen molar-refractivity contribution >= 4 is 27.5 Å². The summed E-state index contributed by atoms with van der Waals surface area (Å²) in [7, 11) is 1.71. The molecule has 0 radical (unpaired) electrons. The molecule has 5 heteroatoms. The van der Waals surface area contributed by atoms with Gasteiger partial charge in [-0.15, -0.1) is 0 Å². The Labute approximate surface area is 122 Å². The number of nitrogens with zero attached hydrogens (tertiary/aromatic N) is 1. The van der Waals surface area contributed by atoms with Gasteiger partial charge in [0.1, 0.15) is 0 Å².